The van der Waals surface area contributed by atoms with E-state index < -0.39 is 5.41 Å². The van der Waals surface area contributed by atoms with E-state index in [0.717, 1.165) is 39.3 Å². The lowest BCUT2D eigenvalue weighted by atomic mass is 9.68. The minimum atomic E-state index is -0.481. The van der Waals surface area contributed by atoms with Crippen molar-refractivity contribution in [3.8, 4) is 45.3 Å². The average molecular weight is 530 g/mol. The van der Waals surface area contributed by atoms with Crippen molar-refractivity contribution in [2.45, 2.75) is 12.0 Å². The van der Waals surface area contributed by atoms with E-state index in [1.807, 2.05) is 24.3 Å². The van der Waals surface area contributed by atoms with E-state index in [2.05, 4.69) is 115 Å². The van der Waals surface area contributed by atoms with Gasteiger partial charge in [-0.2, -0.15) is 0 Å². The fourth-order valence-electron chi connectivity index (χ4n) is 6.62. The lowest BCUT2D eigenvalue weighted by Crippen LogP contribution is -2.28. The molecule has 196 valence electrons. The number of benzene rings is 6. The summed E-state index contributed by atoms with van der Waals surface area (Å²) in [6.45, 7) is 0.506. The Kier molecular flexibility index (Phi) is 5.34. The normalized spacial score (nSPS) is 13.7. The fraction of sp³-hybridized carbons (Fsp3) is 0.0526. The van der Waals surface area contributed by atoms with Crippen LogP contribution in [0.3, 0.4) is 0 Å². The second kappa shape index (κ2) is 9.22. The van der Waals surface area contributed by atoms with Crippen molar-refractivity contribution in [2.24, 2.45) is 5.73 Å². The summed E-state index contributed by atoms with van der Waals surface area (Å²) in [5.74, 6) is 2.89. The summed E-state index contributed by atoms with van der Waals surface area (Å²) in [4.78, 5) is 0. The van der Waals surface area contributed by atoms with E-state index in [4.69, 9.17) is 15.2 Å². The molecule has 0 saturated heterocycles. The number of nitrogens with two attached hydrogens (primary N) is 1. The van der Waals surface area contributed by atoms with Crippen LogP contribution in [-0.2, 0) is 12.0 Å². The molecule has 0 saturated carbocycles. The van der Waals surface area contributed by atoms with Crippen molar-refractivity contribution in [2.75, 3.05) is 0 Å². The minimum Gasteiger partial charge on any atom is -0.449 e. The van der Waals surface area contributed by atoms with Crippen molar-refractivity contribution in [1.82, 2.24) is 0 Å². The minimum absolute atomic E-state index is 0.481. The highest BCUT2D eigenvalue weighted by molar-refractivity contribution is 5.92. The van der Waals surface area contributed by atoms with Crippen molar-refractivity contribution in [3.05, 3.63) is 167 Å². The quantitative estimate of drug-likeness (QED) is 0.247. The van der Waals surface area contributed by atoms with Gasteiger partial charge >= 0.3 is 0 Å². The Bertz CT molecular complexity index is 1890. The largest absolute Gasteiger partial charge is 0.449 e. The number of hydrogen-bond donors (Lipinski definition) is 1. The maximum Gasteiger partial charge on any atom is 0.178 e. The predicted molar refractivity (Wildman–Crippen MR) is 164 cm³/mol. The molecule has 1 aliphatic heterocycles. The molecule has 2 N–H and O–H groups in total. The first-order valence-corrected chi connectivity index (χ1v) is 13.9. The van der Waals surface area contributed by atoms with Crippen LogP contribution in [0.2, 0.25) is 0 Å². The Morgan fingerprint density at radius 3 is 1.95 bits per heavy atom. The van der Waals surface area contributed by atoms with Crippen LogP contribution in [-0.4, -0.2) is 0 Å². The van der Waals surface area contributed by atoms with E-state index in [-0.39, 0.29) is 0 Å². The summed E-state index contributed by atoms with van der Waals surface area (Å²) in [6.07, 6.45) is 0. The summed E-state index contributed by atoms with van der Waals surface area (Å²) < 4.78 is 13.3. The van der Waals surface area contributed by atoms with Gasteiger partial charge in [-0.1, -0.05) is 115 Å². The number of rotatable bonds is 4. The summed E-state index contributed by atoms with van der Waals surface area (Å²) in [6, 6.07) is 48.9. The van der Waals surface area contributed by atoms with Gasteiger partial charge < -0.3 is 15.2 Å². The molecule has 0 spiro atoms. The topological polar surface area (TPSA) is 44.5 Å². The van der Waals surface area contributed by atoms with Gasteiger partial charge in [0.15, 0.2) is 23.0 Å². The predicted octanol–water partition coefficient (Wildman–Crippen LogP) is 9.07. The molecule has 6 aromatic carbocycles. The van der Waals surface area contributed by atoms with Gasteiger partial charge in [-0.3, -0.25) is 0 Å². The third kappa shape index (κ3) is 3.49. The SMILES string of the molecule is NCc1cccc(-c2ccc3c(c2)Oc2ccc4c(c2O3)-c2ccccc2C4(c2ccccc2)c2ccccc2)c1. The van der Waals surface area contributed by atoms with Gasteiger partial charge in [0, 0.05) is 12.1 Å². The van der Waals surface area contributed by atoms with E-state index in [1.165, 1.54) is 22.3 Å². The summed E-state index contributed by atoms with van der Waals surface area (Å²) in [5.41, 5.74) is 15.8. The molecule has 0 atom stereocenters. The number of fused-ring (bicyclic) bond motifs is 6. The Balaban J connectivity index is 1.32. The molecule has 0 bridgehead atoms. The summed E-state index contributed by atoms with van der Waals surface area (Å²) >= 11 is 0. The van der Waals surface area contributed by atoms with E-state index >= 15 is 0 Å². The molecule has 0 radical (unpaired) electrons. The Morgan fingerprint density at radius 2 is 1.20 bits per heavy atom. The molecule has 2 aliphatic rings. The van der Waals surface area contributed by atoms with Crippen LogP contribution in [0, 0.1) is 0 Å². The molecular formula is C38H27NO2. The molecule has 41 heavy (non-hydrogen) atoms. The molecule has 3 nitrogen and oxygen atoms in total. The smallest absolute Gasteiger partial charge is 0.178 e. The molecule has 0 fully saturated rings. The van der Waals surface area contributed by atoms with Crippen LogP contribution in [0.15, 0.2) is 140 Å². The fourth-order valence-corrected chi connectivity index (χ4v) is 6.62. The Morgan fingerprint density at radius 1 is 0.512 bits per heavy atom. The van der Waals surface area contributed by atoms with Gasteiger partial charge in [0.1, 0.15) is 0 Å². The molecule has 6 aromatic rings. The monoisotopic (exact) mass is 529 g/mol. The molecule has 0 amide bonds. The van der Waals surface area contributed by atoms with Gasteiger partial charge in [0.25, 0.3) is 0 Å². The van der Waals surface area contributed by atoms with Crippen LogP contribution in [0.25, 0.3) is 22.3 Å². The first-order valence-electron chi connectivity index (χ1n) is 13.9. The second-order valence-electron chi connectivity index (χ2n) is 10.6. The van der Waals surface area contributed by atoms with Gasteiger partial charge in [-0.15, -0.1) is 0 Å². The molecule has 0 unspecified atom stereocenters. The molecule has 1 aliphatic carbocycles. The highest BCUT2D eigenvalue weighted by atomic mass is 16.6. The molecule has 3 heteroatoms. The van der Waals surface area contributed by atoms with Crippen LogP contribution < -0.4 is 15.2 Å². The third-order valence-corrected chi connectivity index (χ3v) is 8.41. The zero-order chi connectivity index (χ0) is 27.4. The molecule has 8 rings (SSSR count). The van der Waals surface area contributed by atoms with Crippen LogP contribution in [0.1, 0.15) is 27.8 Å². The second-order valence-corrected chi connectivity index (χ2v) is 10.6. The van der Waals surface area contributed by atoms with Crippen LogP contribution in [0.4, 0.5) is 0 Å². The lowest BCUT2D eigenvalue weighted by Gasteiger charge is -2.34. The van der Waals surface area contributed by atoms with E-state index in [0.29, 0.717) is 18.0 Å². The summed E-state index contributed by atoms with van der Waals surface area (Å²) in [5, 5.41) is 0. The van der Waals surface area contributed by atoms with E-state index in [1.54, 1.807) is 0 Å². The van der Waals surface area contributed by atoms with Gasteiger partial charge in [-0.25, -0.2) is 0 Å². The van der Waals surface area contributed by atoms with Crippen molar-refractivity contribution >= 4 is 0 Å². The summed E-state index contributed by atoms with van der Waals surface area (Å²) in [7, 11) is 0. The molecule has 1 heterocycles. The highest BCUT2D eigenvalue weighted by Crippen LogP contribution is 2.62. The van der Waals surface area contributed by atoms with Gasteiger partial charge in [0.2, 0.25) is 0 Å². The highest BCUT2D eigenvalue weighted by Gasteiger charge is 2.48. The Labute approximate surface area is 239 Å². The Hall–Kier alpha value is -5.12. The zero-order valence-electron chi connectivity index (χ0n) is 22.4. The van der Waals surface area contributed by atoms with E-state index in [9.17, 15) is 0 Å². The van der Waals surface area contributed by atoms with Crippen molar-refractivity contribution in [3.63, 3.8) is 0 Å². The van der Waals surface area contributed by atoms with Crippen molar-refractivity contribution < 1.29 is 9.47 Å². The molecular weight excluding hydrogens is 502 g/mol. The van der Waals surface area contributed by atoms with Crippen LogP contribution >= 0.6 is 0 Å². The van der Waals surface area contributed by atoms with Gasteiger partial charge in [0.05, 0.1) is 5.41 Å². The first kappa shape index (κ1) is 23.7. The first-order chi connectivity index (χ1) is 20.3. The lowest BCUT2D eigenvalue weighted by molar-refractivity contribution is 0.360. The maximum absolute atomic E-state index is 6.73. The third-order valence-electron chi connectivity index (χ3n) is 8.41. The van der Waals surface area contributed by atoms with Crippen LogP contribution in [0.5, 0.6) is 23.0 Å². The van der Waals surface area contributed by atoms with Crippen molar-refractivity contribution in [1.29, 1.82) is 0 Å². The number of hydrogen-bond acceptors (Lipinski definition) is 3. The maximum atomic E-state index is 6.73. The average Bonchev–Trinajstić information content (AvgIpc) is 3.36. The molecule has 0 aromatic heterocycles. The standard InChI is InChI=1S/C38H27NO2/c39-24-25-10-9-11-26(22-25)27-18-20-33-35(23-27)40-34-21-19-32-36(37(34)41-33)30-16-7-8-17-31(30)38(32,28-12-3-1-4-13-28)29-14-5-2-6-15-29/h1-23H,24,39H2. The zero-order valence-corrected chi connectivity index (χ0v) is 22.4. The number of ether oxygens (including phenoxy) is 2. The van der Waals surface area contributed by atoms with Gasteiger partial charge in [-0.05, 0) is 68.8 Å².